The molecular formula is C16H22F6N2O6. The molecule has 0 aliphatic heterocycles. The van der Waals surface area contributed by atoms with E-state index >= 15 is 0 Å². The molecule has 0 aromatic rings. The first-order chi connectivity index (χ1) is 13.6. The highest BCUT2D eigenvalue weighted by Gasteiger charge is 2.55. The van der Waals surface area contributed by atoms with Gasteiger partial charge in [0.1, 0.15) is 6.10 Å². The highest BCUT2D eigenvalue weighted by Crippen LogP contribution is 2.34. The van der Waals surface area contributed by atoms with Crippen molar-refractivity contribution >= 4 is 11.9 Å². The zero-order valence-electron chi connectivity index (χ0n) is 15.8. The number of carbonyl (C=O) groups excluding carboxylic acids is 2. The normalized spacial score (nSPS) is 25.7. The largest absolute Gasteiger partial charge is 0.463 e. The van der Waals surface area contributed by atoms with E-state index in [9.17, 15) is 46.1 Å². The molecule has 2 unspecified atom stereocenters. The van der Waals surface area contributed by atoms with Gasteiger partial charge >= 0.3 is 18.3 Å². The Morgan fingerprint density at radius 1 is 1.20 bits per heavy atom. The Morgan fingerprint density at radius 3 is 2.10 bits per heavy atom. The van der Waals surface area contributed by atoms with Crippen LogP contribution in [0, 0.1) is 0 Å². The molecule has 1 aliphatic carbocycles. The van der Waals surface area contributed by atoms with Crippen molar-refractivity contribution in [2.45, 2.75) is 69.1 Å². The Balaban J connectivity index is 3.37. The average Bonchev–Trinajstić information content (AvgIpc) is 2.59. The van der Waals surface area contributed by atoms with E-state index in [0.29, 0.717) is 0 Å². The number of hydrogen-bond donors (Lipinski definition) is 4. The molecule has 0 bridgehead atoms. The van der Waals surface area contributed by atoms with Gasteiger partial charge in [0.15, 0.2) is 12.2 Å². The molecule has 0 heterocycles. The summed E-state index contributed by atoms with van der Waals surface area (Å²) in [6, 6.07) is -2.51. The highest BCUT2D eigenvalue weighted by atomic mass is 19.4. The molecule has 5 N–H and O–H groups in total. The molecule has 0 aromatic carbocycles. The molecule has 1 rings (SSSR count). The summed E-state index contributed by atoms with van der Waals surface area (Å²) in [7, 11) is 0. The zero-order chi connectivity index (χ0) is 23.4. The Hall–Kier alpha value is -1.90. The van der Waals surface area contributed by atoms with Crippen molar-refractivity contribution < 1.29 is 55.6 Å². The Bertz CT molecular complexity index is 633. The van der Waals surface area contributed by atoms with Gasteiger partial charge in [-0.3, -0.25) is 4.79 Å². The van der Waals surface area contributed by atoms with E-state index < -0.39 is 60.7 Å². The fourth-order valence-corrected chi connectivity index (χ4v) is 2.79. The van der Waals surface area contributed by atoms with Crippen molar-refractivity contribution in [2.24, 2.45) is 5.73 Å². The SMILES string of the molecule is CCOC(=O)C1=C[C@@H](OC(C(O)C(F)(F)F)C(O)C(F)(F)F)[C@H](NC(C)=O)[C@@H](N)C1. The average molecular weight is 452 g/mol. The van der Waals surface area contributed by atoms with E-state index in [1.807, 2.05) is 0 Å². The molecule has 1 aliphatic rings. The Labute approximate surface area is 167 Å². The minimum Gasteiger partial charge on any atom is -0.463 e. The lowest BCUT2D eigenvalue weighted by molar-refractivity contribution is -0.296. The summed E-state index contributed by atoms with van der Waals surface area (Å²) in [5, 5.41) is 20.9. The Morgan fingerprint density at radius 2 is 1.70 bits per heavy atom. The molecule has 1 amide bonds. The number of aliphatic hydroxyl groups is 2. The second kappa shape index (κ2) is 9.94. The number of nitrogens with two attached hydrogens (primary N) is 1. The smallest absolute Gasteiger partial charge is 0.417 e. The number of esters is 1. The molecule has 5 atom stereocenters. The van der Waals surface area contributed by atoms with Gasteiger partial charge in [0.25, 0.3) is 0 Å². The van der Waals surface area contributed by atoms with Crippen molar-refractivity contribution in [2.75, 3.05) is 6.61 Å². The number of alkyl halides is 6. The van der Waals surface area contributed by atoms with Crippen molar-refractivity contribution in [1.29, 1.82) is 0 Å². The third-order valence-corrected chi connectivity index (χ3v) is 4.15. The predicted molar refractivity (Wildman–Crippen MR) is 87.7 cm³/mol. The molecule has 0 fully saturated rings. The molecule has 14 heteroatoms. The van der Waals surface area contributed by atoms with Crippen LogP contribution in [0.15, 0.2) is 11.6 Å². The highest BCUT2D eigenvalue weighted by molar-refractivity contribution is 5.89. The number of rotatable bonds is 7. The van der Waals surface area contributed by atoms with Crippen molar-refractivity contribution in [3.63, 3.8) is 0 Å². The predicted octanol–water partition coefficient (Wildman–Crippen LogP) is 0.312. The molecular weight excluding hydrogens is 430 g/mol. The minimum absolute atomic E-state index is 0.0751. The maximum Gasteiger partial charge on any atom is 0.417 e. The van der Waals surface area contributed by atoms with Crippen LogP contribution in [0.4, 0.5) is 26.3 Å². The van der Waals surface area contributed by atoms with Crippen LogP contribution in [-0.4, -0.2) is 77.5 Å². The number of hydrogen-bond acceptors (Lipinski definition) is 7. The summed E-state index contributed by atoms with van der Waals surface area (Å²) in [5.41, 5.74) is 5.62. The van der Waals surface area contributed by atoms with Gasteiger partial charge < -0.3 is 30.7 Å². The van der Waals surface area contributed by atoms with Gasteiger partial charge in [-0.2, -0.15) is 26.3 Å². The molecule has 30 heavy (non-hydrogen) atoms. The molecule has 0 saturated heterocycles. The quantitative estimate of drug-likeness (QED) is 0.323. The summed E-state index contributed by atoms with van der Waals surface area (Å²) >= 11 is 0. The number of aliphatic hydroxyl groups excluding tert-OH is 2. The number of halogens is 6. The van der Waals surface area contributed by atoms with Gasteiger partial charge in [-0.05, 0) is 19.4 Å². The standard InChI is InChI=1S/C16H22F6N2O6/c1-3-29-14(28)7-4-8(23)10(24-6(2)25)9(5-7)30-11(12(26)15(17,18)19)13(27)16(20,21)22/h5,8-13,26-27H,3-4,23H2,1-2H3,(H,24,25)/t8-,9+,10+,11?,12?,13?/m0/s1. The van der Waals surface area contributed by atoms with Gasteiger partial charge in [-0.15, -0.1) is 0 Å². The summed E-state index contributed by atoms with van der Waals surface area (Å²) in [6.45, 7) is 2.40. The summed E-state index contributed by atoms with van der Waals surface area (Å²) in [4.78, 5) is 23.3. The summed E-state index contributed by atoms with van der Waals surface area (Å²) in [6.07, 6.45) is -23.0. The number of carbonyl (C=O) groups is 2. The second-order valence-corrected chi connectivity index (χ2v) is 6.54. The van der Waals surface area contributed by atoms with Crippen LogP contribution in [-0.2, 0) is 19.1 Å². The van der Waals surface area contributed by atoms with Crippen LogP contribution in [0.5, 0.6) is 0 Å². The fraction of sp³-hybridized carbons (Fsp3) is 0.750. The van der Waals surface area contributed by atoms with Gasteiger partial charge in [0.05, 0.1) is 18.8 Å². The maximum absolute atomic E-state index is 12.9. The lowest BCUT2D eigenvalue weighted by Gasteiger charge is -2.39. The van der Waals surface area contributed by atoms with Crippen molar-refractivity contribution in [3.05, 3.63) is 11.6 Å². The molecule has 8 nitrogen and oxygen atoms in total. The summed E-state index contributed by atoms with van der Waals surface area (Å²) < 4.78 is 86.9. The first kappa shape index (κ1) is 26.1. The first-order valence-electron chi connectivity index (χ1n) is 8.65. The maximum atomic E-state index is 12.9. The van der Waals surface area contributed by atoms with E-state index in [1.165, 1.54) is 6.92 Å². The van der Waals surface area contributed by atoms with Gasteiger partial charge in [-0.25, -0.2) is 4.79 Å². The monoisotopic (exact) mass is 452 g/mol. The summed E-state index contributed by atoms with van der Waals surface area (Å²) in [5.74, 6) is -1.67. The third kappa shape index (κ3) is 6.82. The minimum atomic E-state index is -5.58. The fourth-order valence-electron chi connectivity index (χ4n) is 2.79. The second-order valence-electron chi connectivity index (χ2n) is 6.54. The number of nitrogens with one attached hydrogen (secondary N) is 1. The van der Waals surface area contributed by atoms with Crippen LogP contribution in [0.1, 0.15) is 20.3 Å². The zero-order valence-corrected chi connectivity index (χ0v) is 15.8. The van der Waals surface area contributed by atoms with Gasteiger partial charge in [-0.1, -0.05) is 0 Å². The van der Waals surface area contributed by atoms with Gasteiger partial charge in [0, 0.05) is 18.5 Å². The topological polar surface area (TPSA) is 131 Å². The van der Waals surface area contributed by atoms with Crippen molar-refractivity contribution in [3.8, 4) is 0 Å². The van der Waals surface area contributed by atoms with Crippen LogP contribution < -0.4 is 11.1 Å². The molecule has 0 saturated carbocycles. The van der Waals surface area contributed by atoms with Crippen molar-refractivity contribution in [1.82, 2.24) is 5.32 Å². The Kier molecular flexibility index (Phi) is 8.66. The van der Waals surface area contributed by atoms with Gasteiger partial charge in [0.2, 0.25) is 5.91 Å². The van der Waals surface area contributed by atoms with Crippen LogP contribution in [0.3, 0.4) is 0 Å². The van der Waals surface area contributed by atoms with E-state index in [4.69, 9.17) is 15.2 Å². The number of ether oxygens (including phenoxy) is 2. The van der Waals surface area contributed by atoms with E-state index in [1.54, 1.807) is 0 Å². The van der Waals surface area contributed by atoms with E-state index in [2.05, 4.69) is 5.32 Å². The van der Waals surface area contributed by atoms with Crippen LogP contribution in [0.25, 0.3) is 0 Å². The van der Waals surface area contributed by atoms with Crippen LogP contribution >= 0.6 is 0 Å². The molecule has 0 aromatic heterocycles. The third-order valence-electron chi connectivity index (χ3n) is 4.15. The van der Waals surface area contributed by atoms with E-state index in [0.717, 1.165) is 13.0 Å². The van der Waals surface area contributed by atoms with E-state index in [-0.39, 0.29) is 18.6 Å². The molecule has 0 radical (unpaired) electrons. The molecule has 0 spiro atoms. The number of amides is 1. The lowest BCUT2D eigenvalue weighted by atomic mass is 9.88. The van der Waals surface area contributed by atoms with Crippen LogP contribution in [0.2, 0.25) is 0 Å². The first-order valence-corrected chi connectivity index (χ1v) is 8.65. The molecule has 174 valence electrons. The lowest BCUT2D eigenvalue weighted by Crippen LogP contribution is -2.60.